The molecule has 4 aromatic rings. The summed E-state index contributed by atoms with van der Waals surface area (Å²) in [6, 6.07) is 27.9. The van der Waals surface area contributed by atoms with Crippen molar-refractivity contribution in [3.8, 4) is 5.75 Å². The molecule has 29 heavy (non-hydrogen) atoms. The lowest BCUT2D eigenvalue weighted by atomic mass is 10.0. The van der Waals surface area contributed by atoms with E-state index >= 15 is 0 Å². The summed E-state index contributed by atoms with van der Waals surface area (Å²) in [7, 11) is 0. The molecule has 0 spiro atoms. The zero-order chi connectivity index (χ0) is 20.2. The molecule has 0 atom stereocenters. The lowest BCUT2D eigenvalue weighted by molar-refractivity contribution is 0.0692. The SMILES string of the molecule is Cc1ccc(Cc2ccc(C(=O)O)c(OCc3cccc4ccccc34)c2)cc1. The molecule has 1 N–H and O–H groups in total. The molecular weight excluding hydrogens is 360 g/mol. The number of carboxylic acids is 1. The van der Waals surface area contributed by atoms with Gasteiger partial charge in [-0.2, -0.15) is 0 Å². The minimum atomic E-state index is -0.986. The van der Waals surface area contributed by atoms with Gasteiger partial charge in [0, 0.05) is 0 Å². The molecule has 0 saturated heterocycles. The van der Waals surface area contributed by atoms with Crippen molar-refractivity contribution < 1.29 is 14.6 Å². The van der Waals surface area contributed by atoms with Crippen molar-refractivity contribution in [2.75, 3.05) is 0 Å². The molecule has 0 aliphatic carbocycles. The monoisotopic (exact) mass is 382 g/mol. The van der Waals surface area contributed by atoms with Gasteiger partial charge in [-0.3, -0.25) is 0 Å². The van der Waals surface area contributed by atoms with Crippen LogP contribution in [0.1, 0.15) is 32.6 Å². The second-order valence-corrected chi connectivity index (χ2v) is 7.22. The molecule has 0 radical (unpaired) electrons. The van der Waals surface area contributed by atoms with Gasteiger partial charge in [0.05, 0.1) is 0 Å². The van der Waals surface area contributed by atoms with Gasteiger partial charge in [-0.25, -0.2) is 4.79 Å². The smallest absolute Gasteiger partial charge is 0.339 e. The molecule has 0 aromatic heterocycles. The highest BCUT2D eigenvalue weighted by Crippen LogP contribution is 2.25. The molecule has 0 amide bonds. The van der Waals surface area contributed by atoms with E-state index in [1.54, 1.807) is 6.07 Å². The summed E-state index contributed by atoms with van der Waals surface area (Å²) in [5.74, 6) is -0.588. The van der Waals surface area contributed by atoms with E-state index in [2.05, 4.69) is 49.4 Å². The molecule has 4 rings (SSSR count). The molecule has 0 bridgehead atoms. The predicted octanol–water partition coefficient (Wildman–Crippen LogP) is 6.02. The third-order valence-electron chi connectivity index (χ3n) is 5.07. The fourth-order valence-corrected chi connectivity index (χ4v) is 3.49. The Balaban J connectivity index is 1.60. The average Bonchev–Trinajstić information content (AvgIpc) is 2.74. The van der Waals surface area contributed by atoms with Crippen LogP contribution < -0.4 is 4.74 Å². The molecular formula is C26H22O3. The largest absolute Gasteiger partial charge is 0.488 e. The zero-order valence-corrected chi connectivity index (χ0v) is 16.3. The Morgan fingerprint density at radius 3 is 2.38 bits per heavy atom. The van der Waals surface area contributed by atoms with Crippen LogP contribution in [0.4, 0.5) is 0 Å². The number of benzene rings is 4. The first-order chi connectivity index (χ1) is 14.1. The van der Waals surface area contributed by atoms with Crippen LogP contribution in [0.3, 0.4) is 0 Å². The number of hydrogen-bond donors (Lipinski definition) is 1. The fraction of sp³-hybridized carbons (Fsp3) is 0.115. The van der Waals surface area contributed by atoms with Gasteiger partial charge in [-0.15, -0.1) is 0 Å². The Morgan fingerprint density at radius 1 is 0.862 bits per heavy atom. The second kappa shape index (κ2) is 8.19. The summed E-state index contributed by atoms with van der Waals surface area (Å²) in [5.41, 5.74) is 4.63. The summed E-state index contributed by atoms with van der Waals surface area (Å²) < 4.78 is 6.01. The molecule has 4 aromatic carbocycles. The van der Waals surface area contributed by atoms with Crippen LogP contribution >= 0.6 is 0 Å². The van der Waals surface area contributed by atoms with Gasteiger partial charge in [0.2, 0.25) is 0 Å². The van der Waals surface area contributed by atoms with E-state index < -0.39 is 5.97 Å². The number of carbonyl (C=O) groups is 1. The first kappa shape index (κ1) is 18.8. The lowest BCUT2D eigenvalue weighted by Gasteiger charge is -2.13. The number of rotatable bonds is 6. The van der Waals surface area contributed by atoms with Crippen LogP contribution in [0.25, 0.3) is 10.8 Å². The molecule has 0 aliphatic heterocycles. The molecule has 0 fully saturated rings. The maximum absolute atomic E-state index is 11.7. The molecule has 0 aliphatic rings. The van der Waals surface area contributed by atoms with E-state index in [1.165, 1.54) is 11.1 Å². The van der Waals surface area contributed by atoms with Crippen LogP contribution in [0.2, 0.25) is 0 Å². The van der Waals surface area contributed by atoms with Crippen molar-refractivity contribution in [1.29, 1.82) is 0 Å². The number of fused-ring (bicyclic) bond motifs is 1. The van der Waals surface area contributed by atoms with Crippen LogP contribution in [-0.2, 0) is 13.0 Å². The van der Waals surface area contributed by atoms with Crippen LogP contribution in [0, 0.1) is 6.92 Å². The van der Waals surface area contributed by atoms with Gasteiger partial charge < -0.3 is 9.84 Å². The van der Waals surface area contributed by atoms with Gasteiger partial charge in [0.15, 0.2) is 0 Å². The van der Waals surface area contributed by atoms with E-state index in [-0.39, 0.29) is 5.56 Å². The van der Waals surface area contributed by atoms with Crippen molar-refractivity contribution in [2.45, 2.75) is 20.0 Å². The lowest BCUT2D eigenvalue weighted by Crippen LogP contribution is -2.05. The second-order valence-electron chi connectivity index (χ2n) is 7.22. The van der Waals surface area contributed by atoms with Crippen LogP contribution in [-0.4, -0.2) is 11.1 Å². The van der Waals surface area contributed by atoms with E-state index in [9.17, 15) is 9.90 Å². The Kier molecular flexibility index (Phi) is 5.30. The molecule has 0 saturated carbocycles. The molecule has 144 valence electrons. The summed E-state index contributed by atoms with van der Waals surface area (Å²) >= 11 is 0. The Morgan fingerprint density at radius 2 is 1.59 bits per heavy atom. The standard InChI is InChI=1S/C26H22O3/c1-18-9-11-19(12-10-18)15-20-13-14-24(26(27)28)25(16-20)29-17-22-7-4-6-21-5-2-3-8-23(21)22/h2-14,16H,15,17H2,1H3,(H,27,28). The third-order valence-corrected chi connectivity index (χ3v) is 5.07. The normalized spacial score (nSPS) is 10.8. The maximum Gasteiger partial charge on any atom is 0.339 e. The number of carboxylic acid groups (broad SMARTS) is 1. The van der Waals surface area contributed by atoms with Crippen molar-refractivity contribution in [3.63, 3.8) is 0 Å². The van der Waals surface area contributed by atoms with Gasteiger partial charge in [-0.1, -0.05) is 78.4 Å². The minimum absolute atomic E-state index is 0.179. The van der Waals surface area contributed by atoms with E-state index in [0.717, 1.165) is 28.3 Å². The fourth-order valence-electron chi connectivity index (χ4n) is 3.49. The molecule has 3 heteroatoms. The average molecular weight is 382 g/mol. The quantitative estimate of drug-likeness (QED) is 0.444. The van der Waals surface area contributed by atoms with Crippen molar-refractivity contribution in [2.24, 2.45) is 0 Å². The number of aryl methyl sites for hydroxylation is 1. The zero-order valence-electron chi connectivity index (χ0n) is 16.3. The Labute approximate surface area is 170 Å². The van der Waals surface area contributed by atoms with Gasteiger partial charge >= 0.3 is 5.97 Å². The topological polar surface area (TPSA) is 46.5 Å². The third kappa shape index (κ3) is 4.30. The number of ether oxygens (including phenoxy) is 1. The number of hydrogen-bond acceptors (Lipinski definition) is 2. The summed E-state index contributed by atoms with van der Waals surface area (Å²) in [5, 5.41) is 11.8. The summed E-state index contributed by atoms with van der Waals surface area (Å²) in [6.07, 6.45) is 0.727. The molecule has 0 heterocycles. The predicted molar refractivity (Wildman–Crippen MR) is 116 cm³/mol. The Bertz CT molecular complexity index is 1150. The van der Waals surface area contributed by atoms with Crippen molar-refractivity contribution in [1.82, 2.24) is 0 Å². The van der Waals surface area contributed by atoms with E-state index in [0.29, 0.717) is 12.4 Å². The van der Waals surface area contributed by atoms with Crippen molar-refractivity contribution >= 4 is 16.7 Å². The highest BCUT2D eigenvalue weighted by molar-refractivity contribution is 5.91. The Hall–Kier alpha value is -3.59. The van der Waals surface area contributed by atoms with Gasteiger partial charge in [0.25, 0.3) is 0 Å². The summed E-state index contributed by atoms with van der Waals surface area (Å²) in [4.78, 5) is 11.7. The number of aromatic carboxylic acids is 1. The van der Waals surface area contributed by atoms with Gasteiger partial charge in [-0.05, 0) is 52.9 Å². The van der Waals surface area contributed by atoms with E-state index in [4.69, 9.17) is 4.74 Å². The highest BCUT2D eigenvalue weighted by atomic mass is 16.5. The summed E-state index contributed by atoms with van der Waals surface area (Å²) in [6.45, 7) is 2.38. The minimum Gasteiger partial charge on any atom is -0.488 e. The van der Waals surface area contributed by atoms with Crippen LogP contribution in [0.15, 0.2) is 84.9 Å². The van der Waals surface area contributed by atoms with Crippen molar-refractivity contribution in [3.05, 3.63) is 113 Å². The first-order valence-electron chi connectivity index (χ1n) is 9.61. The van der Waals surface area contributed by atoms with E-state index in [1.807, 2.05) is 36.4 Å². The molecule has 0 unspecified atom stereocenters. The molecule has 3 nitrogen and oxygen atoms in total. The maximum atomic E-state index is 11.7. The highest BCUT2D eigenvalue weighted by Gasteiger charge is 2.13. The van der Waals surface area contributed by atoms with Crippen LogP contribution in [0.5, 0.6) is 5.75 Å². The van der Waals surface area contributed by atoms with Gasteiger partial charge in [0.1, 0.15) is 17.9 Å². The first-order valence-corrected chi connectivity index (χ1v) is 9.61.